The van der Waals surface area contributed by atoms with Crippen molar-refractivity contribution < 1.29 is 18.6 Å². The highest BCUT2D eigenvalue weighted by molar-refractivity contribution is 5.90. The van der Waals surface area contributed by atoms with Gasteiger partial charge in [-0.15, -0.1) is 0 Å². The lowest BCUT2D eigenvalue weighted by Crippen LogP contribution is -2.10. The van der Waals surface area contributed by atoms with E-state index in [1.54, 1.807) is 21.3 Å². The predicted molar refractivity (Wildman–Crippen MR) is 73.3 cm³/mol. The van der Waals surface area contributed by atoms with Gasteiger partial charge in [0.05, 0.1) is 33.3 Å². The van der Waals surface area contributed by atoms with E-state index in [0.29, 0.717) is 23.8 Å². The van der Waals surface area contributed by atoms with Crippen molar-refractivity contribution in [2.75, 3.05) is 27.9 Å². The SMILES string of the molecule is CCNCc1cc2c(OC)c(OC)c(OC)cc2o1. The van der Waals surface area contributed by atoms with E-state index in [1.807, 2.05) is 12.1 Å². The van der Waals surface area contributed by atoms with Crippen LogP contribution in [0.25, 0.3) is 11.0 Å². The van der Waals surface area contributed by atoms with Gasteiger partial charge in [0.25, 0.3) is 0 Å². The third-order valence-electron chi connectivity index (χ3n) is 2.93. The molecule has 0 aliphatic heterocycles. The maximum Gasteiger partial charge on any atom is 0.204 e. The molecule has 5 nitrogen and oxygen atoms in total. The Morgan fingerprint density at radius 2 is 1.79 bits per heavy atom. The number of benzene rings is 1. The van der Waals surface area contributed by atoms with E-state index < -0.39 is 0 Å². The second-order valence-corrected chi connectivity index (χ2v) is 4.05. The summed E-state index contributed by atoms with van der Waals surface area (Å²) in [4.78, 5) is 0. The Labute approximate surface area is 112 Å². The summed E-state index contributed by atoms with van der Waals surface area (Å²) in [6.45, 7) is 3.62. The number of nitrogens with one attached hydrogen (secondary N) is 1. The van der Waals surface area contributed by atoms with Crippen LogP contribution in [0.3, 0.4) is 0 Å². The minimum atomic E-state index is 0.577. The highest BCUT2D eigenvalue weighted by atomic mass is 16.5. The van der Waals surface area contributed by atoms with Gasteiger partial charge in [-0.3, -0.25) is 0 Å². The van der Waals surface area contributed by atoms with E-state index in [2.05, 4.69) is 12.2 Å². The second kappa shape index (κ2) is 5.84. The summed E-state index contributed by atoms with van der Waals surface area (Å²) >= 11 is 0. The molecule has 1 N–H and O–H groups in total. The highest BCUT2D eigenvalue weighted by Gasteiger charge is 2.19. The molecule has 0 saturated heterocycles. The van der Waals surface area contributed by atoms with Gasteiger partial charge in [0.1, 0.15) is 11.3 Å². The van der Waals surface area contributed by atoms with Crippen molar-refractivity contribution >= 4 is 11.0 Å². The summed E-state index contributed by atoms with van der Waals surface area (Å²) in [5.74, 6) is 2.65. The average Bonchev–Trinajstić information content (AvgIpc) is 2.85. The molecule has 0 saturated carbocycles. The van der Waals surface area contributed by atoms with Crippen molar-refractivity contribution in [2.45, 2.75) is 13.5 Å². The lowest BCUT2D eigenvalue weighted by atomic mass is 10.2. The van der Waals surface area contributed by atoms with Gasteiger partial charge in [-0.05, 0) is 12.6 Å². The van der Waals surface area contributed by atoms with Gasteiger partial charge in [0.2, 0.25) is 5.75 Å². The molecule has 1 aromatic heterocycles. The lowest BCUT2D eigenvalue weighted by molar-refractivity contribution is 0.326. The van der Waals surface area contributed by atoms with Crippen molar-refractivity contribution in [3.8, 4) is 17.2 Å². The number of rotatable bonds is 6. The van der Waals surface area contributed by atoms with Crippen molar-refractivity contribution in [2.24, 2.45) is 0 Å². The molecule has 0 atom stereocenters. The van der Waals surface area contributed by atoms with Crippen LogP contribution in [-0.4, -0.2) is 27.9 Å². The van der Waals surface area contributed by atoms with Gasteiger partial charge in [-0.2, -0.15) is 0 Å². The van der Waals surface area contributed by atoms with Crippen LogP contribution in [-0.2, 0) is 6.54 Å². The van der Waals surface area contributed by atoms with E-state index >= 15 is 0 Å². The van der Waals surface area contributed by atoms with Crippen LogP contribution in [0.4, 0.5) is 0 Å². The molecule has 0 amide bonds. The average molecular weight is 265 g/mol. The zero-order valence-electron chi connectivity index (χ0n) is 11.7. The Kier molecular flexibility index (Phi) is 4.16. The molecule has 0 aliphatic rings. The van der Waals surface area contributed by atoms with Gasteiger partial charge in [0, 0.05) is 6.07 Å². The van der Waals surface area contributed by atoms with Crippen LogP contribution in [0.5, 0.6) is 17.2 Å². The molecular formula is C14H19NO4. The quantitative estimate of drug-likeness (QED) is 0.870. The molecule has 1 heterocycles. The largest absolute Gasteiger partial charge is 0.493 e. The van der Waals surface area contributed by atoms with Gasteiger partial charge in [0.15, 0.2) is 11.5 Å². The van der Waals surface area contributed by atoms with Gasteiger partial charge in [-0.25, -0.2) is 0 Å². The van der Waals surface area contributed by atoms with E-state index in [-0.39, 0.29) is 0 Å². The van der Waals surface area contributed by atoms with Crippen molar-refractivity contribution in [1.82, 2.24) is 5.32 Å². The Balaban J connectivity index is 2.56. The number of methoxy groups -OCH3 is 3. The smallest absolute Gasteiger partial charge is 0.204 e. The van der Waals surface area contributed by atoms with Crippen LogP contribution in [0, 0.1) is 0 Å². The molecule has 0 bridgehead atoms. The molecule has 0 unspecified atom stereocenters. The van der Waals surface area contributed by atoms with E-state index in [9.17, 15) is 0 Å². The third-order valence-corrected chi connectivity index (χ3v) is 2.93. The van der Waals surface area contributed by atoms with E-state index in [0.717, 1.165) is 23.3 Å². The standard InChI is InChI=1S/C14H19NO4/c1-5-15-8-9-6-10-11(19-9)7-12(16-2)14(18-4)13(10)17-3/h6-7,15H,5,8H2,1-4H3. The fourth-order valence-corrected chi connectivity index (χ4v) is 2.04. The first-order valence-corrected chi connectivity index (χ1v) is 6.17. The molecule has 104 valence electrons. The summed E-state index contributed by atoms with van der Waals surface area (Å²) < 4.78 is 21.8. The van der Waals surface area contributed by atoms with Gasteiger partial charge in [-0.1, -0.05) is 6.92 Å². The first-order valence-electron chi connectivity index (χ1n) is 6.17. The molecule has 2 aromatic rings. The topological polar surface area (TPSA) is 52.9 Å². The number of ether oxygens (including phenoxy) is 3. The summed E-state index contributed by atoms with van der Waals surface area (Å²) in [5.41, 5.74) is 0.724. The Morgan fingerprint density at radius 1 is 1.05 bits per heavy atom. The Hall–Kier alpha value is -1.88. The number of hydrogen-bond acceptors (Lipinski definition) is 5. The maximum atomic E-state index is 5.78. The zero-order valence-corrected chi connectivity index (χ0v) is 11.7. The minimum absolute atomic E-state index is 0.577. The van der Waals surface area contributed by atoms with Crippen LogP contribution < -0.4 is 19.5 Å². The highest BCUT2D eigenvalue weighted by Crippen LogP contribution is 2.44. The summed E-state index contributed by atoms with van der Waals surface area (Å²) in [6, 6.07) is 3.77. The van der Waals surface area contributed by atoms with Crippen molar-refractivity contribution in [3.05, 3.63) is 17.9 Å². The molecule has 5 heteroatoms. The first kappa shape index (κ1) is 13.5. The molecule has 0 aliphatic carbocycles. The molecule has 2 rings (SSSR count). The van der Waals surface area contributed by atoms with Crippen LogP contribution >= 0.6 is 0 Å². The second-order valence-electron chi connectivity index (χ2n) is 4.05. The Morgan fingerprint density at radius 3 is 2.37 bits per heavy atom. The molecule has 0 fully saturated rings. The third kappa shape index (κ3) is 2.46. The first-order chi connectivity index (χ1) is 9.24. The normalized spacial score (nSPS) is 10.7. The summed E-state index contributed by atoms with van der Waals surface area (Å²) in [7, 11) is 4.78. The molecular weight excluding hydrogens is 246 g/mol. The number of hydrogen-bond donors (Lipinski definition) is 1. The fraction of sp³-hybridized carbons (Fsp3) is 0.429. The maximum absolute atomic E-state index is 5.78. The van der Waals surface area contributed by atoms with Crippen molar-refractivity contribution in [3.63, 3.8) is 0 Å². The lowest BCUT2D eigenvalue weighted by Gasteiger charge is -2.12. The van der Waals surface area contributed by atoms with Gasteiger partial charge < -0.3 is 23.9 Å². The molecule has 0 spiro atoms. The molecule has 1 aromatic carbocycles. The van der Waals surface area contributed by atoms with Crippen LogP contribution in [0.1, 0.15) is 12.7 Å². The van der Waals surface area contributed by atoms with Crippen molar-refractivity contribution in [1.29, 1.82) is 0 Å². The van der Waals surface area contributed by atoms with Gasteiger partial charge >= 0.3 is 0 Å². The predicted octanol–water partition coefficient (Wildman–Crippen LogP) is 2.57. The Bertz CT molecular complexity index is 562. The van der Waals surface area contributed by atoms with Crippen LogP contribution in [0.15, 0.2) is 16.5 Å². The zero-order chi connectivity index (χ0) is 13.8. The van der Waals surface area contributed by atoms with E-state index in [1.165, 1.54) is 0 Å². The number of furan rings is 1. The minimum Gasteiger partial charge on any atom is -0.493 e. The van der Waals surface area contributed by atoms with E-state index in [4.69, 9.17) is 18.6 Å². The summed E-state index contributed by atoms with van der Waals surface area (Å²) in [5, 5.41) is 4.11. The summed E-state index contributed by atoms with van der Waals surface area (Å²) in [6.07, 6.45) is 0. The molecule has 0 radical (unpaired) electrons. The van der Waals surface area contributed by atoms with Crippen LogP contribution in [0.2, 0.25) is 0 Å². The monoisotopic (exact) mass is 265 g/mol. The molecule has 19 heavy (non-hydrogen) atoms. The number of fused-ring (bicyclic) bond motifs is 1. The fourth-order valence-electron chi connectivity index (χ4n) is 2.04.